The summed E-state index contributed by atoms with van der Waals surface area (Å²) in [5, 5.41) is 10.6. The molecular weight excluding hydrogens is 782 g/mol. The first-order chi connectivity index (χ1) is 29.6. The quantitative estimate of drug-likeness (QED) is 0.190. The standard InChI is InChI=1S/C45H54FN9O6/c1-45(13-14-45)61-38-21-31-34(22-33(38)46)50-51-41(31)35-23-39(48-26-47-35)54-19-17-52(18-20-54)24-27-3-5-28(6-4-27)60-29-11-15-53(16-12-29)36-8-7-30-32(42(36)59-2)25-55(44(30)58)37-9-10-40(56)49-43(37)57/h7-8,21-23,26-29,37H,3-6,9-20,24-25H2,1-2H3,(H,50,51)(H,49,56,57). The van der Waals surface area contributed by atoms with Crippen LogP contribution in [0.3, 0.4) is 0 Å². The van der Waals surface area contributed by atoms with Crippen LogP contribution in [-0.4, -0.2) is 124 Å². The van der Waals surface area contributed by atoms with Crippen molar-refractivity contribution in [3.05, 3.63) is 53.6 Å². The number of H-pyrrole nitrogens is 1. The fourth-order valence-electron chi connectivity index (χ4n) is 10.0. The molecule has 16 heteroatoms. The fourth-order valence-corrected chi connectivity index (χ4v) is 10.0. The van der Waals surface area contributed by atoms with Gasteiger partial charge in [0.15, 0.2) is 11.6 Å². The summed E-state index contributed by atoms with van der Waals surface area (Å²) >= 11 is 0. The third kappa shape index (κ3) is 8.00. The highest BCUT2D eigenvalue weighted by molar-refractivity contribution is 6.06. The van der Waals surface area contributed by atoms with Crippen molar-refractivity contribution in [3.8, 4) is 22.9 Å². The number of nitrogens with zero attached hydrogens (tertiary/aromatic N) is 7. The van der Waals surface area contributed by atoms with Crippen molar-refractivity contribution in [2.45, 2.75) is 102 Å². The molecule has 4 aromatic rings. The van der Waals surface area contributed by atoms with Crippen molar-refractivity contribution >= 4 is 40.1 Å². The minimum Gasteiger partial charge on any atom is -0.494 e. The largest absolute Gasteiger partial charge is 0.494 e. The molecule has 0 spiro atoms. The highest BCUT2D eigenvalue weighted by Gasteiger charge is 2.42. The molecule has 2 aromatic carbocycles. The summed E-state index contributed by atoms with van der Waals surface area (Å²) in [6.45, 7) is 8.77. The highest BCUT2D eigenvalue weighted by atomic mass is 19.1. The molecule has 10 rings (SSSR count). The first-order valence-corrected chi connectivity index (χ1v) is 22.0. The van der Waals surface area contributed by atoms with Crippen LogP contribution < -0.4 is 24.6 Å². The number of aromatic nitrogens is 4. The molecule has 61 heavy (non-hydrogen) atoms. The number of ether oxygens (including phenoxy) is 3. The first kappa shape index (κ1) is 39.8. The minimum absolute atomic E-state index is 0.197. The van der Waals surface area contributed by atoms with E-state index in [1.807, 2.05) is 25.1 Å². The lowest BCUT2D eigenvalue weighted by atomic mass is 9.86. The van der Waals surface area contributed by atoms with E-state index in [9.17, 15) is 18.8 Å². The zero-order chi connectivity index (χ0) is 41.8. The lowest BCUT2D eigenvalue weighted by Crippen LogP contribution is -2.52. The molecule has 0 radical (unpaired) electrons. The van der Waals surface area contributed by atoms with E-state index >= 15 is 0 Å². The Morgan fingerprint density at radius 3 is 2.39 bits per heavy atom. The van der Waals surface area contributed by atoms with Crippen molar-refractivity contribution in [1.82, 2.24) is 35.3 Å². The number of benzene rings is 2. The zero-order valence-electron chi connectivity index (χ0n) is 35.0. The molecule has 15 nitrogen and oxygen atoms in total. The van der Waals surface area contributed by atoms with Gasteiger partial charge in [0.05, 0.1) is 42.8 Å². The SMILES string of the molecule is COc1c(N2CCC(OC3CCC(CN4CCN(c5cc(-c6n[nH]c7cc(F)c(OC8(C)CC8)cc67)ncn5)CC4)CC3)CC2)ccc2c1CN(C1CCC(=O)NC1=O)C2=O. The fraction of sp³-hybridized carbons (Fsp3) is 0.556. The first-order valence-electron chi connectivity index (χ1n) is 22.0. The lowest BCUT2D eigenvalue weighted by molar-refractivity contribution is -0.136. The number of methoxy groups -OCH3 is 1. The molecule has 4 aliphatic heterocycles. The van der Waals surface area contributed by atoms with Crippen molar-refractivity contribution in [1.29, 1.82) is 0 Å². The van der Waals surface area contributed by atoms with E-state index in [-0.39, 0.29) is 42.2 Å². The minimum atomic E-state index is -0.658. The number of nitrogens with one attached hydrogen (secondary N) is 2. The number of amides is 3. The molecule has 2 aromatic heterocycles. The average molecular weight is 836 g/mol. The maximum Gasteiger partial charge on any atom is 0.255 e. The predicted molar refractivity (Wildman–Crippen MR) is 225 cm³/mol. The molecule has 2 N–H and O–H groups in total. The molecule has 6 heterocycles. The van der Waals surface area contributed by atoms with Crippen molar-refractivity contribution in [2.24, 2.45) is 5.92 Å². The normalized spacial score (nSPS) is 24.6. The highest BCUT2D eigenvalue weighted by Crippen LogP contribution is 2.43. The van der Waals surface area contributed by atoms with Crippen LogP contribution in [-0.2, 0) is 20.9 Å². The Kier molecular flexibility index (Phi) is 10.5. The Labute approximate surface area is 354 Å². The van der Waals surface area contributed by atoms with E-state index in [0.29, 0.717) is 46.7 Å². The molecule has 2 saturated carbocycles. The van der Waals surface area contributed by atoms with Crippen LogP contribution in [0.15, 0.2) is 36.7 Å². The summed E-state index contributed by atoms with van der Waals surface area (Å²) in [6.07, 6.45) is 10.9. The number of imide groups is 1. The number of rotatable bonds is 11. The van der Waals surface area contributed by atoms with Crippen molar-refractivity contribution in [3.63, 3.8) is 0 Å². The summed E-state index contributed by atoms with van der Waals surface area (Å²) in [6, 6.07) is 8.33. The van der Waals surface area contributed by atoms with Gasteiger partial charge in [0, 0.05) is 80.9 Å². The van der Waals surface area contributed by atoms with Gasteiger partial charge in [-0.05, 0) is 88.8 Å². The van der Waals surface area contributed by atoms with Gasteiger partial charge in [0.1, 0.15) is 35.2 Å². The Bertz CT molecular complexity index is 2330. The van der Waals surface area contributed by atoms with Crippen molar-refractivity contribution in [2.75, 3.05) is 62.7 Å². The summed E-state index contributed by atoms with van der Waals surface area (Å²) in [5.41, 5.74) is 3.99. The number of carbonyl (C=O) groups is 3. The van der Waals surface area contributed by atoms with Gasteiger partial charge in [-0.1, -0.05) is 0 Å². The summed E-state index contributed by atoms with van der Waals surface area (Å²) < 4.78 is 33.4. The van der Waals surface area contributed by atoms with Gasteiger partial charge in [-0.25, -0.2) is 14.4 Å². The molecule has 1 unspecified atom stereocenters. The van der Waals surface area contributed by atoms with Gasteiger partial charge in [-0.3, -0.25) is 29.7 Å². The lowest BCUT2D eigenvalue weighted by Gasteiger charge is -2.40. The van der Waals surface area contributed by atoms with Crippen LogP contribution in [0.5, 0.6) is 11.5 Å². The number of piperazine rings is 1. The third-order valence-corrected chi connectivity index (χ3v) is 13.8. The second kappa shape index (κ2) is 16.2. The molecule has 3 saturated heterocycles. The Balaban J connectivity index is 0.677. The van der Waals surface area contributed by atoms with E-state index < -0.39 is 17.8 Å². The van der Waals surface area contributed by atoms with E-state index in [4.69, 9.17) is 14.2 Å². The van der Waals surface area contributed by atoms with Gasteiger partial charge in [0.25, 0.3) is 5.91 Å². The topological polar surface area (TPSA) is 158 Å². The van der Waals surface area contributed by atoms with Crippen LogP contribution in [0.25, 0.3) is 22.3 Å². The van der Waals surface area contributed by atoms with Crippen LogP contribution in [0.4, 0.5) is 15.9 Å². The molecular formula is C45H54FN9O6. The monoisotopic (exact) mass is 835 g/mol. The van der Waals surface area contributed by atoms with E-state index in [1.165, 1.54) is 18.9 Å². The Morgan fingerprint density at radius 2 is 1.66 bits per heavy atom. The van der Waals surface area contributed by atoms with Crippen LogP contribution in [0, 0.1) is 11.7 Å². The van der Waals surface area contributed by atoms with Gasteiger partial charge < -0.3 is 28.9 Å². The summed E-state index contributed by atoms with van der Waals surface area (Å²) in [4.78, 5) is 55.6. The van der Waals surface area contributed by atoms with Crippen LogP contribution in [0.2, 0.25) is 0 Å². The molecule has 5 fully saturated rings. The van der Waals surface area contributed by atoms with Gasteiger partial charge in [0.2, 0.25) is 11.8 Å². The Morgan fingerprint density at radius 1 is 0.885 bits per heavy atom. The number of aromatic amines is 1. The maximum atomic E-state index is 14.8. The molecule has 2 aliphatic carbocycles. The molecule has 322 valence electrons. The van der Waals surface area contributed by atoms with Crippen LogP contribution in [0.1, 0.15) is 87.1 Å². The number of hydrogen-bond donors (Lipinski definition) is 2. The number of hydrogen-bond acceptors (Lipinski definition) is 12. The Hall–Kier alpha value is -5.35. The van der Waals surface area contributed by atoms with Gasteiger partial charge in [-0.15, -0.1) is 0 Å². The van der Waals surface area contributed by atoms with Gasteiger partial charge >= 0.3 is 0 Å². The number of piperidine rings is 2. The van der Waals surface area contributed by atoms with E-state index in [0.717, 1.165) is 107 Å². The number of anilines is 2. The maximum absolute atomic E-state index is 14.8. The zero-order valence-corrected chi connectivity index (χ0v) is 35.0. The predicted octanol–water partition coefficient (Wildman–Crippen LogP) is 5.23. The number of carbonyl (C=O) groups excluding carboxylic acids is 3. The molecule has 0 bridgehead atoms. The molecule has 6 aliphatic rings. The van der Waals surface area contributed by atoms with Crippen LogP contribution >= 0.6 is 0 Å². The average Bonchev–Trinajstić information content (AvgIpc) is 3.71. The molecule has 1 atom stereocenters. The number of fused-ring (bicyclic) bond motifs is 2. The summed E-state index contributed by atoms with van der Waals surface area (Å²) in [7, 11) is 1.64. The second-order valence-corrected chi connectivity index (χ2v) is 18.0. The second-order valence-electron chi connectivity index (χ2n) is 18.0. The third-order valence-electron chi connectivity index (χ3n) is 13.8. The van der Waals surface area contributed by atoms with Gasteiger partial charge in [-0.2, -0.15) is 5.10 Å². The van der Waals surface area contributed by atoms with E-state index in [2.05, 4.69) is 40.2 Å². The summed E-state index contributed by atoms with van der Waals surface area (Å²) in [5.74, 6) is 1.16. The molecule has 3 amide bonds. The number of halogens is 1. The van der Waals surface area contributed by atoms with Crippen molar-refractivity contribution < 1.29 is 33.0 Å². The smallest absolute Gasteiger partial charge is 0.255 e. The van der Waals surface area contributed by atoms with E-state index in [1.54, 1.807) is 24.4 Å².